The SMILES string of the molecule is O=C1NCCCC[C@H]1NS(=O)(=O)N1CCCCCC1. The Morgan fingerprint density at radius 2 is 1.74 bits per heavy atom. The highest BCUT2D eigenvalue weighted by Crippen LogP contribution is 2.14. The van der Waals surface area contributed by atoms with E-state index in [1.165, 1.54) is 4.31 Å². The second kappa shape index (κ2) is 6.67. The van der Waals surface area contributed by atoms with Gasteiger partial charge >= 0.3 is 0 Å². The summed E-state index contributed by atoms with van der Waals surface area (Å²) in [4.78, 5) is 11.8. The summed E-state index contributed by atoms with van der Waals surface area (Å²) < 4.78 is 28.7. The lowest BCUT2D eigenvalue weighted by atomic mass is 10.1. The molecule has 0 aromatic carbocycles. The first kappa shape index (κ1) is 14.7. The van der Waals surface area contributed by atoms with Gasteiger partial charge in [0, 0.05) is 19.6 Å². The number of carbonyl (C=O) groups excluding carboxylic acids is 1. The minimum absolute atomic E-state index is 0.198. The standard InChI is InChI=1S/C12H23N3O3S/c16-12-11(7-3-4-8-13-12)14-19(17,18)15-9-5-1-2-6-10-15/h11,14H,1-10H2,(H,13,16)/t11-/m1/s1. The van der Waals surface area contributed by atoms with Gasteiger partial charge in [0.05, 0.1) is 0 Å². The molecule has 7 heteroatoms. The van der Waals surface area contributed by atoms with Crippen LogP contribution in [0.1, 0.15) is 44.9 Å². The lowest BCUT2D eigenvalue weighted by molar-refractivity contribution is -0.122. The molecule has 2 rings (SSSR count). The second-order valence-electron chi connectivity index (χ2n) is 5.28. The second-order valence-corrected chi connectivity index (χ2v) is 6.98. The Morgan fingerprint density at radius 3 is 2.42 bits per heavy atom. The maximum absolute atomic E-state index is 12.3. The zero-order chi connectivity index (χ0) is 13.7. The fraction of sp³-hybridized carbons (Fsp3) is 0.917. The first-order chi connectivity index (χ1) is 9.09. The Morgan fingerprint density at radius 1 is 1.05 bits per heavy atom. The van der Waals surface area contributed by atoms with E-state index in [-0.39, 0.29) is 5.91 Å². The van der Waals surface area contributed by atoms with Gasteiger partial charge in [-0.2, -0.15) is 17.4 Å². The Bertz CT molecular complexity index is 402. The average molecular weight is 289 g/mol. The summed E-state index contributed by atoms with van der Waals surface area (Å²) >= 11 is 0. The van der Waals surface area contributed by atoms with Crippen molar-refractivity contribution in [3.05, 3.63) is 0 Å². The Labute approximate surface area is 115 Å². The molecule has 6 nitrogen and oxygen atoms in total. The highest BCUT2D eigenvalue weighted by atomic mass is 32.2. The third-order valence-electron chi connectivity index (χ3n) is 3.73. The highest BCUT2D eigenvalue weighted by Gasteiger charge is 2.29. The molecule has 1 amide bonds. The van der Waals surface area contributed by atoms with E-state index in [0.29, 0.717) is 26.1 Å². The van der Waals surface area contributed by atoms with Crippen molar-refractivity contribution in [1.29, 1.82) is 0 Å². The highest BCUT2D eigenvalue weighted by molar-refractivity contribution is 7.87. The van der Waals surface area contributed by atoms with Crippen molar-refractivity contribution in [3.8, 4) is 0 Å². The van der Waals surface area contributed by atoms with E-state index in [2.05, 4.69) is 10.0 Å². The van der Waals surface area contributed by atoms with Crippen molar-refractivity contribution in [2.45, 2.75) is 51.0 Å². The largest absolute Gasteiger partial charge is 0.355 e. The molecular formula is C12H23N3O3S. The van der Waals surface area contributed by atoms with Gasteiger partial charge in [-0.15, -0.1) is 0 Å². The van der Waals surface area contributed by atoms with Crippen molar-refractivity contribution in [2.75, 3.05) is 19.6 Å². The molecule has 0 spiro atoms. The molecular weight excluding hydrogens is 266 g/mol. The van der Waals surface area contributed by atoms with Gasteiger partial charge in [-0.25, -0.2) is 0 Å². The number of rotatable bonds is 3. The van der Waals surface area contributed by atoms with Crippen molar-refractivity contribution in [2.24, 2.45) is 0 Å². The van der Waals surface area contributed by atoms with Crippen molar-refractivity contribution in [1.82, 2.24) is 14.3 Å². The van der Waals surface area contributed by atoms with E-state index >= 15 is 0 Å². The van der Waals surface area contributed by atoms with Crippen LogP contribution in [0.2, 0.25) is 0 Å². The van der Waals surface area contributed by atoms with Crippen LogP contribution in [0.3, 0.4) is 0 Å². The molecule has 0 unspecified atom stereocenters. The van der Waals surface area contributed by atoms with Crippen LogP contribution < -0.4 is 10.0 Å². The monoisotopic (exact) mass is 289 g/mol. The summed E-state index contributed by atoms with van der Waals surface area (Å²) in [5.74, 6) is -0.198. The quantitative estimate of drug-likeness (QED) is 0.787. The smallest absolute Gasteiger partial charge is 0.280 e. The van der Waals surface area contributed by atoms with Crippen molar-refractivity contribution in [3.63, 3.8) is 0 Å². The number of nitrogens with zero attached hydrogens (tertiary/aromatic N) is 1. The van der Waals surface area contributed by atoms with Gasteiger partial charge in [0.2, 0.25) is 5.91 Å². The van der Waals surface area contributed by atoms with Crippen LogP contribution in [0.25, 0.3) is 0 Å². The van der Waals surface area contributed by atoms with Crippen LogP contribution in [0.4, 0.5) is 0 Å². The number of amides is 1. The maximum atomic E-state index is 12.3. The number of carbonyl (C=O) groups is 1. The van der Waals surface area contributed by atoms with E-state index in [9.17, 15) is 13.2 Å². The van der Waals surface area contributed by atoms with Gasteiger partial charge < -0.3 is 5.32 Å². The first-order valence-electron chi connectivity index (χ1n) is 7.15. The molecule has 2 aliphatic heterocycles. The minimum Gasteiger partial charge on any atom is -0.355 e. The Kier molecular flexibility index (Phi) is 5.18. The van der Waals surface area contributed by atoms with Gasteiger partial charge in [0.1, 0.15) is 6.04 Å². The Balaban J connectivity index is 2.00. The van der Waals surface area contributed by atoms with Crippen LogP contribution in [0, 0.1) is 0 Å². The summed E-state index contributed by atoms with van der Waals surface area (Å²) in [7, 11) is -3.53. The summed E-state index contributed by atoms with van der Waals surface area (Å²) in [6, 6.07) is -0.615. The maximum Gasteiger partial charge on any atom is 0.280 e. The lowest BCUT2D eigenvalue weighted by Gasteiger charge is -2.23. The number of hydrogen-bond acceptors (Lipinski definition) is 3. The zero-order valence-corrected chi connectivity index (χ0v) is 12.0. The predicted molar refractivity (Wildman–Crippen MR) is 72.7 cm³/mol. The van der Waals surface area contributed by atoms with E-state index < -0.39 is 16.3 Å². The van der Waals surface area contributed by atoms with Crippen molar-refractivity contribution >= 4 is 16.1 Å². The molecule has 0 aromatic rings. The van der Waals surface area contributed by atoms with E-state index in [1.54, 1.807) is 0 Å². The lowest BCUT2D eigenvalue weighted by Crippen LogP contribution is -2.50. The van der Waals surface area contributed by atoms with Crippen LogP contribution in [-0.2, 0) is 15.0 Å². The fourth-order valence-corrected chi connectivity index (χ4v) is 4.06. The average Bonchev–Trinajstić information content (AvgIpc) is 2.74. The number of hydrogen-bond donors (Lipinski definition) is 2. The molecule has 2 heterocycles. The van der Waals surface area contributed by atoms with E-state index in [4.69, 9.17) is 0 Å². The molecule has 0 aliphatic carbocycles. The van der Waals surface area contributed by atoms with E-state index in [0.717, 1.165) is 38.5 Å². The minimum atomic E-state index is -3.53. The normalized spacial score (nSPS) is 27.4. The molecule has 2 aliphatic rings. The molecule has 110 valence electrons. The zero-order valence-electron chi connectivity index (χ0n) is 11.2. The predicted octanol–water partition coefficient (Wildman–Crippen LogP) is 0.366. The topological polar surface area (TPSA) is 78.5 Å². The first-order valence-corrected chi connectivity index (χ1v) is 8.59. The van der Waals surface area contributed by atoms with Gasteiger partial charge in [-0.1, -0.05) is 12.8 Å². The van der Waals surface area contributed by atoms with Gasteiger partial charge in [0.15, 0.2) is 0 Å². The van der Waals surface area contributed by atoms with Crippen LogP contribution in [0.5, 0.6) is 0 Å². The van der Waals surface area contributed by atoms with Crippen LogP contribution in [-0.4, -0.2) is 44.3 Å². The molecule has 0 saturated carbocycles. The molecule has 2 fully saturated rings. The summed E-state index contributed by atoms with van der Waals surface area (Å²) in [6.45, 7) is 1.76. The molecule has 2 saturated heterocycles. The van der Waals surface area contributed by atoms with Crippen LogP contribution in [0.15, 0.2) is 0 Å². The molecule has 19 heavy (non-hydrogen) atoms. The third kappa shape index (κ3) is 4.15. The molecule has 0 bridgehead atoms. The Hall–Kier alpha value is -0.660. The molecule has 1 atom stereocenters. The number of nitrogens with one attached hydrogen (secondary N) is 2. The summed E-state index contributed by atoms with van der Waals surface area (Å²) in [5.41, 5.74) is 0. The van der Waals surface area contributed by atoms with Gasteiger partial charge in [-0.05, 0) is 32.1 Å². The summed E-state index contributed by atoms with van der Waals surface area (Å²) in [5, 5.41) is 2.75. The van der Waals surface area contributed by atoms with Crippen molar-refractivity contribution < 1.29 is 13.2 Å². The van der Waals surface area contributed by atoms with Gasteiger partial charge in [0.25, 0.3) is 10.2 Å². The van der Waals surface area contributed by atoms with Gasteiger partial charge in [-0.3, -0.25) is 4.79 Å². The molecule has 0 radical (unpaired) electrons. The third-order valence-corrected chi connectivity index (χ3v) is 5.36. The summed E-state index contributed by atoms with van der Waals surface area (Å²) in [6.07, 6.45) is 6.32. The molecule has 0 aromatic heterocycles. The fourth-order valence-electron chi connectivity index (χ4n) is 2.59. The van der Waals surface area contributed by atoms with E-state index in [1.807, 2.05) is 0 Å². The van der Waals surface area contributed by atoms with Crippen LogP contribution >= 0.6 is 0 Å². The molecule has 2 N–H and O–H groups in total.